The Morgan fingerprint density at radius 3 is 2.17 bits per heavy atom. The van der Waals surface area contributed by atoms with Crippen LogP contribution in [0, 0.1) is 0 Å². The van der Waals surface area contributed by atoms with Crippen LogP contribution in [0.5, 0.6) is 5.75 Å². The van der Waals surface area contributed by atoms with Crippen LogP contribution in [0.3, 0.4) is 0 Å². The summed E-state index contributed by atoms with van der Waals surface area (Å²) in [5, 5.41) is 0. The standard InChI is InChI=1S/C15H12O3/c16-10-11-18-14-8-6-13(7-9-14)15(17)12-4-2-1-3-5-12/h1-10H,11H2. The van der Waals surface area contributed by atoms with Crippen molar-refractivity contribution in [1.29, 1.82) is 0 Å². The van der Waals surface area contributed by atoms with Crippen LogP contribution in [0.1, 0.15) is 15.9 Å². The SMILES string of the molecule is O=CCOc1ccc(C(=O)c2ccccc2)cc1. The first-order valence-electron chi connectivity index (χ1n) is 5.57. The number of ether oxygens (including phenoxy) is 1. The van der Waals surface area contributed by atoms with Gasteiger partial charge in [-0.1, -0.05) is 30.3 Å². The molecule has 0 saturated carbocycles. The number of rotatable bonds is 5. The summed E-state index contributed by atoms with van der Waals surface area (Å²) in [7, 11) is 0. The molecule has 0 aromatic heterocycles. The van der Waals surface area contributed by atoms with E-state index in [4.69, 9.17) is 4.74 Å². The Morgan fingerprint density at radius 1 is 0.944 bits per heavy atom. The van der Waals surface area contributed by atoms with Crippen LogP contribution >= 0.6 is 0 Å². The van der Waals surface area contributed by atoms with Gasteiger partial charge in [0, 0.05) is 11.1 Å². The zero-order valence-corrected chi connectivity index (χ0v) is 9.71. The van der Waals surface area contributed by atoms with Gasteiger partial charge in [0.15, 0.2) is 12.1 Å². The van der Waals surface area contributed by atoms with E-state index in [0.717, 1.165) is 0 Å². The van der Waals surface area contributed by atoms with E-state index in [1.165, 1.54) is 0 Å². The van der Waals surface area contributed by atoms with Crippen LogP contribution in [-0.2, 0) is 4.79 Å². The van der Waals surface area contributed by atoms with Gasteiger partial charge < -0.3 is 4.74 Å². The summed E-state index contributed by atoms with van der Waals surface area (Å²) in [6.07, 6.45) is 0.684. The zero-order chi connectivity index (χ0) is 12.8. The van der Waals surface area contributed by atoms with Crippen LogP contribution in [0.2, 0.25) is 0 Å². The Kier molecular flexibility index (Phi) is 3.86. The molecule has 0 radical (unpaired) electrons. The van der Waals surface area contributed by atoms with Crippen molar-refractivity contribution in [2.75, 3.05) is 6.61 Å². The summed E-state index contributed by atoms with van der Waals surface area (Å²) in [6, 6.07) is 15.8. The fraction of sp³-hybridized carbons (Fsp3) is 0.0667. The quantitative estimate of drug-likeness (QED) is 0.595. The molecule has 0 aliphatic carbocycles. The summed E-state index contributed by atoms with van der Waals surface area (Å²) < 4.78 is 5.12. The maximum absolute atomic E-state index is 12.1. The summed E-state index contributed by atoms with van der Waals surface area (Å²) in [5.41, 5.74) is 1.25. The van der Waals surface area contributed by atoms with Crippen molar-refractivity contribution in [3.05, 3.63) is 65.7 Å². The van der Waals surface area contributed by atoms with Gasteiger partial charge in [-0.3, -0.25) is 9.59 Å². The van der Waals surface area contributed by atoms with Gasteiger partial charge in [-0.25, -0.2) is 0 Å². The van der Waals surface area contributed by atoms with E-state index in [1.54, 1.807) is 36.4 Å². The predicted octanol–water partition coefficient (Wildman–Crippen LogP) is 2.50. The third kappa shape index (κ3) is 2.83. The number of hydrogen-bond donors (Lipinski definition) is 0. The van der Waals surface area contributed by atoms with Crippen LogP contribution in [-0.4, -0.2) is 18.7 Å². The van der Waals surface area contributed by atoms with Crippen LogP contribution < -0.4 is 4.74 Å². The normalized spacial score (nSPS) is 9.78. The van der Waals surface area contributed by atoms with E-state index in [1.807, 2.05) is 18.2 Å². The monoisotopic (exact) mass is 240 g/mol. The lowest BCUT2D eigenvalue weighted by atomic mass is 10.0. The minimum atomic E-state index is -0.0301. The molecule has 0 atom stereocenters. The molecule has 0 saturated heterocycles. The van der Waals surface area contributed by atoms with Crippen molar-refractivity contribution >= 4 is 12.1 Å². The lowest BCUT2D eigenvalue weighted by molar-refractivity contribution is -0.109. The Balaban J connectivity index is 2.14. The van der Waals surface area contributed by atoms with Crippen molar-refractivity contribution in [2.24, 2.45) is 0 Å². The van der Waals surface area contributed by atoms with Gasteiger partial charge in [0.25, 0.3) is 0 Å². The average molecular weight is 240 g/mol. The molecule has 0 spiro atoms. The zero-order valence-electron chi connectivity index (χ0n) is 9.71. The third-order valence-corrected chi connectivity index (χ3v) is 2.47. The molecular formula is C15H12O3. The van der Waals surface area contributed by atoms with Crippen molar-refractivity contribution in [3.63, 3.8) is 0 Å². The average Bonchev–Trinajstić information content (AvgIpc) is 2.46. The first-order valence-corrected chi connectivity index (χ1v) is 5.57. The molecule has 0 bridgehead atoms. The van der Waals surface area contributed by atoms with Gasteiger partial charge in [0.2, 0.25) is 0 Å². The molecule has 0 fully saturated rings. The number of carbonyl (C=O) groups excluding carboxylic acids is 2. The molecule has 0 amide bonds. The molecule has 0 aliphatic heterocycles. The molecule has 18 heavy (non-hydrogen) atoms. The summed E-state index contributed by atoms with van der Waals surface area (Å²) >= 11 is 0. The summed E-state index contributed by atoms with van der Waals surface area (Å²) in [4.78, 5) is 22.2. The number of carbonyl (C=O) groups is 2. The van der Waals surface area contributed by atoms with Gasteiger partial charge in [-0.2, -0.15) is 0 Å². The molecule has 3 nitrogen and oxygen atoms in total. The minimum Gasteiger partial charge on any atom is -0.486 e. The van der Waals surface area contributed by atoms with Crippen LogP contribution in [0.25, 0.3) is 0 Å². The number of hydrogen-bond acceptors (Lipinski definition) is 3. The molecule has 3 heteroatoms. The Morgan fingerprint density at radius 2 is 1.56 bits per heavy atom. The second kappa shape index (κ2) is 5.77. The van der Waals surface area contributed by atoms with Crippen LogP contribution in [0.15, 0.2) is 54.6 Å². The molecule has 2 aromatic carbocycles. The van der Waals surface area contributed by atoms with Gasteiger partial charge in [-0.05, 0) is 24.3 Å². The van der Waals surface area contributed by atoms with Gasteiger partial charge >= 0.3 is 0 Å². The van der Waals surface area contributed by atoms with Crippen LogP contribution in [0.4, 0.5) is 0 Å². The second-order valence-corrected chi connectivity index (χ2v) is 3.70. The largest absolute Gasteiger partial charge is 0.486 e. The lowest BCUT2D eigenvalue weighted by Gasteiger charge is -2.04. The van der Waals surface area contributed by atoms with E-state index in [9.17, 15) is 9.59 Å². The van der Waals surface area contributed by atoms with Crippen molar-refractivity contribution in [3.8, 4) is 5.75 Å². The van der Waals surface area contributed by atoms with Gasteiger partial charge in [-0.15, -0.1) is 0 Å². The summed E-state index contributed by atoms with van der Waals surface area (Å²) in [5.74, 6) is 0.546. The van der Waals surface area contributed by atoms with Crippen molar-refractivity contribution < 1.29 is 14.3 Å². The maximum Gasteiger partial charge on any atom is 0.193 e. The fourth-order valence-electron chi connectivity index (χ4n) is 1.59. The van der Waals surface area contributed by atoms with E-state index < -0.39 is 0 Å². The fourth-order valence-corrected chi connectivity index (χ4v) is 1.59. The maximum atomic E-state index is 12.1. The molecule has 2 rings (SSSR count). The Labute approximate surface area is 105 Å². The van der Waals surface area contributed by atoms with E-state index in [0.29, 0.717) is 23.2 Å². The van der Waals surface area contributed by atoms with Crippen molar-refractivity contribution in [1.82, 2.24) is 0 Å². The lowest BCUT2D eigenvalue weighted by Crippen LogP contribution is -2.02. The first kappa shape index (κ1) is 12.0. The minimum absolute atomic E-state index is 0.0198. The van der Waals surface area contributed by atoms with E-state index in [-0.39, 0.29) is 12.4 Å². The number of benzene rings is 2. The molecule has 0 N–H and O–H groups in total. The highest BCUT2D eigenvalue weighted by atomic mass is 16.5. The summed E-state index contributed by atoms with van der Waals surface area (Å²) in [6.45, 7) is 0.0198. The number of aldehydes is 1. The third-order valence-electron chi connectivity index (χ3n) is 2.47. The molecular weight excluding hydrogens is 228 g/mol. The highest BCUT2D eigenvalue weighted by molar-refractivity contribution is 6.08. The second-order valence-electron chi connectivity index (χ2n) is 3.70. The molecule has 2 aromatic rings. The highest BCUT2D eigenvalue weighted by Gasteiger charge is 2.07. The predicted molar refractivity (Wildman–Crippen MR) is 67.9 cm³/mol. The Bertz CT molecular complexity index is 529. The Hall–Kier alpha value is -2.42. The topological polar surface area (TPSA) is 43.4 Å². The van der Waals surface area contributed by atoms with Crippen molar-refractivity contribution in [2.45, 2.75) is 0 Å². The van der Waals surface area contributed by atoms with Gasteiger partial charge in [0.05, 0.1) is 0 Å². The first-order chi connectivity index (χ1) is 8.81. The highest BCUT2D eigenvalue weighted by Crippen LogP contribution is 2.15. The smallest absolute Gasteiger partial charge is 0.193 e. The molecule has 0 unspecified atom stereocenters. The molecule has 0 aliphatic rings. The van der Waals surface area contributed by atoms with E-state index in [2.05, 4.69) is 0 Å². The van der Waals surface area contributed by atoms with E-state index >= 15 is 0 Å². The van der Waals surface area contributed by atoms with Gasteiger partial charge in [0.1, 0.15) is 12.4 Å². The molecule has 90 valence electrons. The molecule has 0 heterocycles. The number of ketones is 1.